The van der Waals surface area contributed by atoms with E-state index in [-0.39, 0.29) is 23.0 Å². The number of alkyl halides is 6. The van der Waals surface area contributed by atoms with Crippen LogP contribution >= 0.6 is 0 Å². The Morgan fingerprint density at radius 2 is 1.23 bits per heavy atom. The number of hydrogen-bond acceptors (Lipinski definition) is 1. The van der Waals surface area contributed by atoms with Gasteiger partial charge in [0, 0.05) is 5.56 Å². The molecular formula is C15H8F6O. The molecule has 0 aliphatic rings. The molecule has 0 radical (unpaired) electrons. The van der Waals surface area contributed by atoms with Crippen LogP contribution in [0.3, 0.4) is 0 Å². The highest BCUT2D eigenvalue weighted by atomic mass is 19.4. The Kier molecular flexibility index (Phi) is 4.00. The third-order valence-corrected chi connectivity index (χ3v) is 3.03. The smallest absolute Gasteiger partial charge is 0.298 e. The highest BCUT2D eigenvalue weighted by molar-refractivity contribution is 5.88. The molecule has 0 aromatic heterocycles. The summed E-state index contributed by atoms with van der Waals surface area (Å²) >= 11 is 0. The van der Waals surface area contributed by atoms with E-state index in [2.05, 4.69) is 0 Å². The summed E-state index contributed by atoms with van der Waals surface area (Å²) in [5, 5.41) is 0. The summed E-state index contributed by atoms with van der Waals surface area (Å²) in [4.78, 5) is 11.0. The van der Waals surface area contributed by atoms with Crippen molar-refractivity contribution in [3.63, 3.8) is 0 Å². The second kappa shape index (κ2) is 5.47. The number of benzene rings is 2. The lowest BCUT2D eigenvalue weighted by atomic mass is 9.97. The van der Waals surface area contributed by atoms with Gasteiger partial charge in [-0.3, -0.25) is 4.79 Å². The average Bonchev–Trinajstić information content (AvgIpc) is 2.45. The molecule has 0 aliphatic heterocycles. The van der Waals surface area contributed by atoms with Gasteiger partial charge in [0.05, 0.1) is 11.1 Å². The molecule has 0 N–H and O–H groups in total. The van der Waals surface area contributed by atoms with Crippen molar-refractivity contribution in [1.29, 1.82) is 0 Å². The van der Waals surface area contributed by atoms with Crippen LogP contribution in [0.15, 0.2) is 42.5 Å². The number of hydrogen-bond donors (Lipinski definition) is 0. The highest BCUT2D eigenvalue weighted by Crippen LogP contribution is 2.34. The molecule has 0 bridgehead atoms. The Balaban J connectivity index is 2.47. The standard InChI is InChI=1S/C15H8F6O/c16-14(17,18)11-3-1-9(2-4-11)13-6-5-12(15(19,20)21)7-10(13)8-22/h1-8H. The minimum Gasteiger partial charge on any atom is -0.298 e. The Hall–Kier alpha value is -2.31. The number of halogens is 6. The van der Waals surface area contributed by atoms with Crippen LogP contribution in [0.5, 0.6) is 0 Å². The van der Waals surface area contributed by atoms with Gasteiger partial charge in [-0.05, 0) is 35.4 Å². The van der Waals surface area contributed by atoms with Crippen molar-refractivity contribution in [2.24, 2.45) is 0 Å². The van der Waals surface area contributed by atoms with Gasteiger partial charge in [-0.1, -0.05) is 18.2 Å². The average molecular weight is 318 g/mol. The van der Waals surface area contributed by atoms with Crippen LogP contribution < -0.4 is 0 Å². The summed E-state index contributed by atoms with van der Waals surface area (Å²) in [5.41, 5.74) is -1.75. The Morgan fingerprint density at radius 3 is 1.68 bits per heavy atom. The second-order valence-electron chi connectivity index (χ2n) is 4.49. The van der Waals surface area contributed by atoms with Gasteiger partial charge in [0.2, 0.25) is 0 Å². The number of carbonyl (C=O) groups excluding carboxylic acids is 1. The zero-order valence-electron chi connectivity index (χ0n) is 10.8. The van der Waals surface area contributed by atoms with E-state index in [1.54, 1.807) is 0 Å². The predicted octanol–water partition coefficient (Wildman–Crippen LogP) is 5.20. The van der Waals surface area contributed by atoms with Gasteiger partial charge >= 0.3 is 12.4 Å². The third kappa shape index (κ3) is 3.29. The van der Waals surface area contributed by atoms with Crippen LogP contribution in [0.4, 0.5) is 26.3 Å². The van der Waals surface area contributed by atoms with Crippen molar-refractivity contribution in [1.82, 2.24) is 0 Å². The van der Waals surface area contributed by atoms with Crippen molar-refractivity contribution >= 4 is 6.29 Å². The first-order valence-corrected chi connectivity index (χ1v) is 5.97. The minimum absolute atomic E-state index is 0.136. The topological polar surface area (TPSA) is 17.1 Å². The maximum atomic E-state index is 12.6. The molecule has 1 nitrogen and oxygen atoms in total. The molecule has 2 aromatic rings. The van der Waals surface area contributed by atoms with E-state index in [4.69, 9.17) is 0 Å². The molecule has 0 unspecified atom stereocenters. The van der Waals surface area contributed by atoms with Crippen LogP contribution in [-0.2, 0) is 12.4 Å². The van der Waals surface area contributed by atoms with Gasteiger partial charge in [-0.15, -0.1) is 0 Å². The summed E-state index contributed by atoms with van der Waals surface area (Å²) < 4.78 is 75.2. The van der Waals surface area contributed by atoms with Gasteiger partial charge in [0.25, 0.3) is 0 Å². The monoisotopic (exact) mass is 318 g/mol. The normalized spacial score (nSPS) is 12.3. The molecule has 0 heterocycles. The van der Waals surface area contributed by atoms with Crippen molar-refractivity contribution in [2.75, 3.05) is 0 Å². The molecule has 0 fully saturated rings. The van der Waals surface area contributed by atoms with E-state index < -0.39 is 23.5 Å². The molecule has 116 valence electrons. The molecule has 2 aromatic carbocycles. The first-order valence-electron chi connectivity index (χ1n) is 5.97. The highest BCUT2D eigenvalue weighted by Gasteiger charge is 2.32. The molecule has 2 rings (SSSR count). The molecule has 0 saturated carbocycles. The van der Waals surface area contributed by atoms with Crippen molar-refractivity contribution in [2.45, 2.75) is 12.4 Å². The SMILES string of the molecule is O=Cc1cc(C(F)(F)F)ccc1-c1ccc(C(F)(F)F)cc1. The third-order valence-electron chi connectivity index (χ3n) is 3.03. The van der Waals surface area contributed by atoms with Crippen molar-refractivity contribution in [3.8, 4) is 11.1 Å². The first-order chi connectivity index (χ1) is 10.1. The molecule has 0 saturated heterocycles. The van der Waals surface area contributed by atoms with Gasteiger partial charge in [0.1, 0.15) is 0 Å². The summed E-state index contributed by atoms with van der Waals surface area (Å²) in [5.74, 6) is 0. The van der Waals surface area contributed by atoms with Crippen LogP contribution in [0, 0.1) is 0 Å². The Bertz CT molecular complexity index is 683. The van der Waals surface area contributed by atoms with Gasteiger partial charge in [-0.25, -0.2) is 0 Å². The summed E-state index contributed by atoms with van der Waals surface area (Å²) in [7, 11) is 0. The zero-order valence-corrected chi connectivity index (χ0v) is 10.8. The molecule has 0 amide bonds. The summed E-state index contributed by atoms with van der Waals surface area (Å²) in [6.07, 6.45) is -8.87. The predicted molar refractivity (Wildman–Crippen MR) is 67.3 cm³/mol. The maximum absolute atomic E-state index is 12.6. The van der Waals surface area contributed by atoms with E-state index >= 15 is 0 Å². The van der Waals surface area contributed by atoms with Crippen LogP contribution in [0.2, 0.25) is 0 Å². The van der Waals surface area contributed by atoms with Crippen molar-refractivity contribution in [3.05, 3.63) is 59.2 Å². The maximum Gasteiger partial charge on any atom is 0.416 e. The van der Waals surface area contributed by atoms with E-state index in [0.717, 1.165) is 36.4 Å². The Labute approximate surface area is 121 Å². The summed E-state index contributed by atoms with van der Waals surface area (Å²) in [6.45, 7) is 0. The first kappa shape index (κ1) is 16.1. The molecule has 0 atom stereocenters. The largest absolute Gasteiger partial charge is 0.416 e. The van der Waals surface area contributed by atoms with Gasteiger partial charge < -0.3 is 0 Å². The van der Waals surface area contributed by atoms with Crippen LogP contribution in [0.1, 0.15) is 21.5 Å². The molecule has 7 heteroatoms. The van der Waals surface area contributed by atoms with E-state index in [0.29, 0.717) is 6.07 Å². The number of carbonyl (C=O) groups is 1. The lowest BCUT2D eigenvalue weighted by molar-refractivity contribution is -0.138. The fourth-order valence-corrected chi connectivity index (χ4v) is 1.94. The van der Waals surface area contributed by atoms with E-state index in [1.807, 2.05) is 0 Å². The van der Waals surface area contributed by atoms with Gasteiger partial charge in [-0.2, -0.15) is 26.3 Å². The number of rotatable bonds is 2. The van der Waals surface area contributed by atoms with Gasteiger partial charge in [0.15, 0.2) is 6.29 Å². The van der Waals surface area contributed by atoms with E-state index in [9.17, 15) is 31.1 Å². The zero-order chi connectivity index (χ0) is 16.5. The Morgan fingerprint density at radius 1 is 0.727 bits per heavy atom. The quantitative estimate of drug-likeness (QED) is 0.549. The molecule has 22 heavy (non-hydrogen) atoms. The lowest BCUT2D eigenvalue weighted by Gasteiger charge is -2.12. The fourth-order valence-electron chi connectivity index (χ4n) is 1.94. The van der Waals surface area contributed by atoms with E-state index in [1.165, 1.54) is 0 Å². The second-order valence-corrected chi connectivity index (χ2v) is 4.49. The number of aldehydes is 1. The molecule has 0 aliphatic carbocycles. The van der Waals surface area contributed by atoms with Crippen LogP contribution in [-0.4, -0.2) is 6.29 Å². The van der Waals surface area contributed by atoms with Crippen LogP contribution in [0.25, 0.3) is 11.1 Å². The minimum atomic E-state index is -4.60. The van der Waals surface area contributed by atoms with Crippen molar-refractivity contribution < 1.29 is 31.1 Å². The summed E-state index contributed by atoms with van der Waals surface area (Å²) in [6, 6.07) is 6.34. The molecule has 0 spiro atoms. The molecular weight excluding hydrogens is 310 g/mol. The lowest BCUT2D eigenvalue weighted by Crippen LogP contribution is -2.06. The fraction of sp³-hybridized carbons (Fsp3) is 0.133.